The summed E-state index contributed by atoms with van der Waals surface area (Å²) in [6, 6.07) is 6.19. The van der Waals surface area contributed by atoms with E-state index in [0.29, 0.717) is 12.6 Å². The third kappa shape index (κ3) is 3.31. The van der Waals surface area contributed by atoms with Crippen LogP contribution in [0.15, 0.2) is 18.2 Å². The molecule has 2 unspecified atom stereocenters. The lowest BCUT2D eigenvalue weighted by molar-refractivity contribution is 0.0741. The topological polar surface area (TPSA) is 45.2 Å². The van der Waals surface area contributed by atoms with Gasteiger partial charge in [0, 0.05) is 19.1 Å². The van der Waals surface area contributed by atoms with E-state index in [0.717, 1.165) is 23.6 Å². The van der Waals surface area contributed by atoms with Crippen molar-refractivity contribution in [1.82, 2.24) is 9.80 Å². The molecule has 1 saturated heterocycles. The molecule has 0 amide bonds. The van der Waals surface area contributed by atoms with Crippen molar-refractivity contribution < 1.29 is 14.6 Å². The van der Waals surface area contributed by atoms with Crippen molar-refractivity contribution in [3.8, 4) is 11.5 Å². The number of rotatable bonds is 4. The van der Waals surface area contributed by atoms with Crippen molar-refractivity contribution in [3.63, 3.8) is 0 Å². The number of piperidine rings is 1. The van der Waals surface area contributed by atoms with Gasteiger partial charge in [0.25, 0.3) is 0 Å². The first kappa shape index (κ1) is 14.6. The molecule has 5 heteroatoms. The van der Waals surface area contributed by atoms with Gasteiger partial charge in [0.05, 0.1) is 6.10 Å². The summed E-state index contributed by atoms with van der Waals surface area (Å²) >= 11 is 0. The van der Waals surface area contributed by atoms with Gasteiger partial charge in [-0.3, -0.25) is 4.90 Å². The smallest absolute Gasteiger partial charge is 0.231 e. The van der Waals surface area contributed by atoms with Crippen LogP contribution in [0, 0.1) is 0 Å². The predicted molar refractivity (Wildman–Crippen MR) is 80.7 cm³/mol. The maximum atomic E-state index is 10.5. The number of benzene rings is 1. The van der Waals surface area contributed by atoms with Crippen molar-refractivity contribution in [1.29, 1.82) is 0 Å². The van der Waals surface area contributed by atoms with Crippen LogP contribution < -0.4 is 9.47 Å². The first-order valence-electron chi connectivity index (χ1n) is 7.60. The maximum absolute atomic E-state index is 10.5. The van der Waals surface area contributed by atoms with Crippen LogP contribution in [0.1, 0.15) is 24.5 Å². The van der Waals surface area contributed by atoms with Crippen LogP contribution in [0.25, 0.3) is 0 Å². The van der Waals surface area contributed by atoms with Gasteiger partial charge in [-0.25, -0.2) is 0 Å². The third-order valence-corrected chi connectivity index (χ3v) is 4.47. The second-order valence-corrected chi connectivity index (χ2v) is 6.13. The molecule has 2 aliphatic rings. The van der Waals surface area contributed by atoms with Crippen molar-refractivity contribution in [2.75, 3.05) is 40.5 Å². The monoisotopic (exact) mass is 292 g/mol. The Morgan fingerprint density at radius 2 is 2.19 bits per heavy atom. The van der Waals surface area contributed by atoms with Crippen LogP contribution in [0.3, 0.4) is 0 Å². The summed E-state index contributed by atoms with van der Waals surface area (Å²) in [6.07, 6.45) is 1.93. The van der Waals surface area contributed by atoms with Gasteiger partial charge in [0.15, 0.2) is 11.5 Å². The normalized spacial score (nSPS) is 23.5. The van der Waals surface area contributed by atoms with Crippen molar-refractivity contribution in [2.24, 2.45) is 0 Å². The number of fused-ring (bicyclic) bond motifs is 1. The van der Waals surface area contributed by atoms with Crippen molar-refractivity contribution in [2.45, 2.75) is 25.0 Å². The van der Waals surface area contributed by atoms with Crippen LogP contribution in [-0.2, 0) is 0 Å². The maximum Gasteiger partial charge on any atom is 0.231 e. The van der Waals surface area contributed by atoms with Gasteiger partial charge in [-0.05, 0) is 51.2 Å². The zero-order valence-electron chi connectivity index (χ0n) is 12.8. The molecule has 1 aromatic rings. The number of aliphatic hydroxyl groups is 1. The minimum atomic E-state index is -0.503. The van der Waals surface area contributed by atoms with E-state index < -0.39 is 6.10 Å². The molecule has 0 aromatic heterocycles. The molecule has 1 fully saturated rings. The highest BCUT2D eigenvalue weighted by Crippen LogP contribution is 2.34. The Balaban J connectivity index is 1.61. The molecule has 3 rings (SSSR count). The lowest BCUT2D eigenvalue weighted by atomic mass is 10.0. The average Bonchev–Trinajstić information content (AvgIpc) is 2.94. The molecule has 5 nitrogen and oxygen atoms in total. The Morgan fingerprint density at radius 1 is 1.38 bits per heavy atom. The fourth-order valence-corrected chi connectivity index (χ4v) is 3.15. The number of hydrogen-bond acceptors (Lipinski definition) is 5. The van der Waals surface area contributed by atoms with E-state index in [2.05, 4.69) is 23.9 Å². The van der Waals surface area contributed by atoms with Crippen LogP contribution in [0.5, 0.6) is 11.5 Å². The van der Waals surface area contributed by atoms with Gasteiger partial charge >= 0.3 is 0 Å². The van der Waals surface area contributed by atoms with Crippen LogP contribution in [0.4, 0.5) is 0 Å². The highest BCUT2D eigenvalue weighted by atomic mass is 16.7. The fourth-order valence-electron chi connectivity index (χ4n) is 3.15. The minimum absolute atomic E-state index is 0.267. The standard InChI is InChI=1S/C16H24N2O3/c1-17-7-3-4-13(9-17)18(2)10-14(19)12-5-6-15-16(8-12)21-11-20-15/h5-6,8,13-14,19H,3-4,7,9-11H2,1-2H3. The molecular formula is C16H24N2O3. The molecule has 0 aliphatic carbocycles. The number of nitrogens with zero attached hydrogens (tertiary/aromatic N) is 2. The number of likely N-dealkylation sites (N-methyl/N-ethyl adjacent to an activating group) is 2. The predicted octanol–water partition coefficient (Wildman–Crippen LogP) is 1.47. The quantitative estimate of drug-likeness (QED) is 0.910. The van der Waals surface area contributed by atoms with Gasteiger partial charge in [-0.1, -0.05) is 6.07 Å². The van der Waals surface area contributed by atoms with Gasteiger partial charge in [0.1, 0.15) is 0 Å². The summed E-state index contributed by atoms with van der Waals surface area (Å²) in [5.74, 6) is 1.49. The first-order chi connectivity index (χ1) is 10.1. The summed E-state index contributed by atoms with van der Waals surface area (Å²) < 4.78 is 10.7. The summed E-state index contributed by atoms with van der Waals surface area (Å²) in [7, 11) is 4.26. The van der Waals surface area contributed by atoms with Crippen LogP contribution in [0.2, 0.25) is 0 Å². The molecule has 0 radical (unpaired) electrons. The van der Waals surface area contributed by atoms with Crippen molar-refractivity contribution in [3.05, 3.63) is 23.8 Å². The molecule has 2 heterocycles. The highest BCUT2D eigenvalue weighted by Gasteiger charge is 2.24. The van der Waals surface area contributed by atoms with E-state index in [9.17, 15) is 5.11 Å². The molecule has 21 heavy (non-hydrogen) atoms. The molecule has 1 aromatic carbocycles. The molecule has 0 spiro atoms. The van der Waals surface area contributed by atoms with Gasteiger partial charge < -0.3 is 19.5 Å². The van der Waals surface area contributed by atoms with E-state index in [1.54, 1.807) is 0 Å². The SMILES string of the molecule is CN1CCCC(N(C)CC(O)c2ccc3c(c2)OCO3)C1. The number of aliphatic hydroxyl groups excluding tert-OH is 1. The molecule has 2 atom stereocenters. The second-order valence-electron chi connectivity index (χ2n) is 6.13. The zero-order chi connectivity index (χ0) is 14.8. The van der Waals surface area contributed by atoms with E-state index in [-0.39, 0.29) is 6.79 Å². The van der Waals surface area contributed by atoms with E-state index in [4.69, 9.17) is 9.47 Å². The molecule has 2 aliphatic heterocycles. The first-order valence-corrected chi connectivity index (χ1v) is 7.60. The molecule has 0 bridgehead atoms. The van der Waals surface area contributed by atoms with E-state index in [1.807, 2.05) is 18.2 Å². The Kier molecular flexibility index (Phi) is 4.33. The zero-order valence-corrected chi connectivity index (χ0v) is 12.8. The van der Waals surface area contributed by atoms with Crippen LogP contribution >= 0.6 is 0 Å². The van der Waals surface area contributed by atoms with Gasteiger partial charge in [0.2, 0.25) is 6.79 Å². The van der Waals surface area contributed by atoms with E-state index in [1.165, 1.54) is 19.4 Å². The minimum Gasteiger partial charge on any atom is -0.454 e. The number of ether oxygens (including phenoxy) is 2. The fraction of sp³-hybridized carbons (Fsp3) is 0.625. The average molecular weight is 292 g/mol. The lowest BCUT2D eigenvalue weighted by Crippen LogP contribution is -2.46. The largest absolute Gasteiger partial charge is 0.454 e. The second kappa shape index (κ2) is 6.22. The molecule has 1 N–H and O–H groups in total. The molecule has 116 valence electrons. The highest BCUT2D eigenvalue weighted by molar-refractivity contribution is 5.45. The van der Waals surface area contributed by atoms with Crippen LogP contribution in [-0.4, -0.2) is 61.5 Å². The summed E-state index contributed by atoms with van der Waals surface area (Å²) in [5.41, 5.74) is 0.885. The Labute approximate surface area is 126 Å². The molecule has 0 saturated carbocycles. The lowest BCUT2D eigenvalue weighted by Gasteiger charge is -2.36. The van der Waals surface area contributed by atoms with Crippen molar-refractivity contribution >= 4 is 0 Å². The Bertz CT molecular complexity index is 494. The number of hydrogen-bond donors (Lipinski definition) is 1. The summed E-state index contributed by atoms with van der Waals surface area (Å²) in [6.45, 7) is 3.15. The summed E-state index contributed by atoms with van der Waals surface area (Å²) in [5, 5.41) is 10.5. The Morgan fingerprint density at radius 3 is 3.00 bits per heavy atom. The van der Waals surface area contributed by atoms with Gasteiger partial charge in [-0.2, -0.15) is 0 Å². The van der Waals surface area contributed by atoms with E-state index >= 15 is 0 Å². The Hall–Kier alpha value is -1.30. The molecular weight excluding hydrogens is 268 g/mol. The third-order valence-electron chi connectivity index (χ3n) is 4.47. The number of likely N-dealkylation sites (tertiary alicyclic amines) is 1. The van der Waals surface area contributed by atoms with Gasteiger partial charge in [-0.15, -0.1) is 0 Å². The summed E-state index contributed by atoms with van der Waals surface area (Å²) in [4.78, 5) is 4.63.